The number of hydrogen-bond donors (Lipinski definition) is 0. The van der Waals surface area contributed by atoms with E-state index in [0.717, 1.165) is 24.0 Å². The standard InChI is InChI=1S/C13H16O3/c1-11(15)3-4-12-5-7-13(8-6-12)16-10-2-9-14/h5-9H,2-4,10H2,1H3. The van der Waals surface area contributed by atoms with Crippen molar-refractivity contribution in [2.45, 2.75) is 26.2 Å². The van der Waals surface area contributed by atoms with Crippen molar-refractivity contribution in [1.29, 1.82) is 0 Å². The van der Waals surface area contributed by atoms with E-state index in [0.29, 0.717) is 19.4 Å². The fraction of sp³-hybridized carbons (Fsp3) is 0.385. The van der Waals surface area contributed by atoms with Crippen molar-refractivity contribution in [2.24, 2.45) is 0 Å². The van der Waals surface area contributed by atoms with Gasteiger partial charge in [-0.2, -0.15) is 0 Å². The fourth-order valence-electron chi connectivity index (χ4n) is 1.30. The minimum atomic E-state index is 0.200. The third kappa shape index (κ3) is 4.73. The molecular weight excluding hydrogens is 204 g/mol. The van der Waals surface area contributed by atoms with E-state index in [4.69, 9.17) is 4.74 Å². The Hall–Kier alpha value is -1.64. The zero-order chi connectivity index (χ0) is 11.8. The molecule has 0 aromatic heterocycles. The lowest BCUT2D eigenvalue weighted by molar-refractivity contribution is -0.117. The van der Waals surface area contributed by atoms with E-state index >= 15 is 0 Å². The first kappa shape index (κ1) is 12.4. The molecule has 0 unspecified atom stereocenters. The summed E-state index contributed by atoms with van der Waals surface area (Å²) in [5.41, 5.74) is 1.12. The van der Waals surface area contributed by atoms with Crippen LogP contribution in [0.4, 0.5) is 0 Å². The number of benzene rings is 1. The van der Waals surface area contributed by atoms with Gasteiger partial charge in [-0.05, 0) is 31.0 Å². The summed E-state index contributed by atoms with van der Waals surface area (Å²) < 4.78 is 5.33. The molecule has 0 amide bonds. The second-order valence-electron chi connectivity index (χ2n) is 3.65. The summed E-state index contributed by atoms with van der Waals surface area (Å²) in [6, 6.07) is 7.61. The summed E-state index contributed by atoms with van der Waals surface area (Å²) in [5.74, 6) is 0.958. The van der Waals surface area contributed by atoms with Crippen molar-refractivity contribution >= 4 is 12.1 Å². The van der Waals surface area contributed by atoms with Gasteiger partial charge in [-0.1, -0.05) is 12.1 Å². The smallest absolute Gasteiger partial charge is 0.130 e. The van der Waals surface area contributed by atoms with Crippen LogP contribution < -0.4 is 4.74 Å². The maximum absolute atomic E-state index is 10.8. The van der Waals surface area contributed by atoms with Gasteiger partial charge in [0.15, 0.2) is 0 Å². The van der Waals surface area contributed by atoms with Crippen LogP contribution in [0, 0.1) is 0 Å². The highest BCUT2D eigenvalue weighted by atomic mass is 16.5. The van der Waals surface area contributed by atoms with Crippen molar-refractivity contribution in [3.8, 4) is 5.75 Å². The molecule has 0 saturated heterocycles. The Morgan fingerprint density at radius 2 is 2.00 bits per heavy atom. The molecule has 0 aliphatic rings. The minimum absolute atomic E-state index is 0.200. The van der Waals surface area contributed by atoms with E-state index in [-0.39, 0.29) is 5.78 Å². The number of ether oxygens (including phenoxy) is 1. The normalized spacial score (nSPS) is 9.81. The molecule has 86 valence electrons. The summed E-state index contributed by atoms with van der Waals surface area (Å²) in [6.45, 7) is 2.01. The van der Waals surface area contributed by atoms with Crippen molar-refractivity contribution in [3.63, 3.8) is 0 Å². The number of hydrogen-bond acceptors (Lipinski definition) is 3. The molecule has 0 atom stereocenters. The molecule has 1 rings (SSSR count). The molecular formula is C13H16O3. The molecule has 16 heavy (non-hydrogen) atoms. The molecule has 0 bridgehead atoms. The summed E-state index contributed by atoms with van der Waals surface area (Å²) in [4.78, 5) is 20.9. The summed E-state index contributed by atoms with van der Waals surface area (Å²) in [6.07, 6.45) is 2.59. The van der Waals surface area contributed by atoms with Gasteiger partial charge in [0.2, 0.25) is 0 Å². The Bertz CT molecular complexity index is 341. The molecule has 3 nitrogen and oxygen atoms in total. The Morgan fingerprint density at radius 3 is 2.56 bits per heavy atom. The lowest BCUT2D eigenvalue weighted by atomic mass is 10.1. The maximum Gasteiger partial charge on any atom is 0.130 e. The predicted molar refractivity (Wildman–Crippen MR) is 61.6 cm³/mol. The van der Waals surface area contributed by atoms with Gasteiger partial charge >= 0.3 is 0 Å². The molecule has 0 spiro atoms. The largest absolute Gasteiger partial charge is 0.493 e. The first-order valence-corrected chi connectivity index (χ1v) is 5.37. The van der Waals surface area contributed by atoms with Crippen LogP contribution in [0.25, 0.3) is 0 Å². The first-order valence-electron chi connectivity index (χ1n) is 5.37. The zero-order valence-electron chi connectivity index (χ0n) is 9.44. The van der Waals surface area contributed by atoms with E-state index < -0.39 is 0 Å². The van der Waals surface area contributed by atoms with Crippen LogP contribution in [0.3, 0.4) is 0 Å². The molecule has 0 heterocycles. The van der Waals surface area contributed by atoms with E-state index in [1.807, 2.05) is 24.3 Å². The number of Topliss-reactive ketones (excluding diaryl/α,β-unsaturated/α-hetero) is 1. The summed E-state index contributed by atoms with van der Waals surface area (Å²) in [7, 11) is 0. The van der Waals surface area contributed by atoms with Gasteiger partial charge in [0.1, 0.15) is 17.8 Å². The van der Waals surface area contributed by atoms with Crippen LogP contribution in [-0.2, 0) is 16.0 Å². The highest BCUT2D eigenvalue weighted by Crippen LogP contribution is 2.13. The molecule has 1 aromatic carbocycles. The Balaban J connectivity index is 2.41. The average molecular weight is 220 g/mol. The number of aldehydes is 1. The molecule has 0 radical (unpaired) electrons. The lowest BCUT2D eigenvalue weighted by Crippen LogP contribution is -1.98. The highest BCUT2D eigenvalue weighted by molar-refractivity contribution is 5.75. The van der Waals surface area contributed by atoms with Crippen LogP contribution >= 0.6 is 0 Å². The van der Waals surface area contributed by atoms with Gasteiger partial charge in [-0.15, -0.1) is 0 Å². The third-order valence-electron chi connectivity index (χ3n) is 2.19. The third-order valence-corrected chi connectivity index (χ3v) is 2.19. The van der Waals surface area contributed by atoms with Crippen LogP contribution in [-0.4, -0.2) is 18.7 Å². The summed E-state index contributed by atoms with van der Waals surface area (Å²) in [5, 5.41) is 0. The molecule has 0 aliphatic carbocycles. The fourth-order valence-corrected chi connectivity index (χ4v) is 1.30. The zero-order valence-corrected chi connectivity index (χ0v) is 9.44. The van der Waals surface area contributed by atoms with Gasteiger partial charge in [-0.25, -0.2) is 0 Å². The topological polar surface area (TPSA) is 43.4 Å². The molecule has 0 aliphatic heterocycles. The molecule has 0 N–H and O–H groups in total. The van der Waals surface area contributed by atoms with E-state index in [9.17, 15) is 9.59 Å². The number of rotatable bonds is 7. The van der Waals surface area contributed by atoms with Crippen LogP contribution in [0.5, 0.6) is 5.75 Å². The van der Waals surface area contributed by atoms with Crippen molar-refractivity contribution in [2.75, 3.05) is 6.61 Å². The molecule has 0 fully saturated rings. The Kier molecular flexibility index (Phi) is 5.26. The average Bonchev–Trinajstić information content (AvgIpc) is 2.28. The lowest BCUT2D eigenvalue weighted by Gasteiger charge is -2.05. The summed E-state index contributed by atoms with van der Waals surface area (Å²) >= 11 is 0. The van der Waals surface area contributed by atoms with E-state index in [1.165, 1.54) is 0 Å². The van der Waals surface area contributed by atoms with Gasteiger partial charge in [0.05, 0.1) is 6.61 Å². The van der Waals surface area contributed by atoms with Gasteiger partial charge in [0.25, 0.3) is 0 Å². The molecule has 1 aromatic rings. The minimum Gasteiger partial charge on any atom is -0.493 e. The second kappa shape index (κ2) is 6.77. The Morgan fingerprint density at radius 1 is 1.31 bits per heavy atom. The van der Waals surface area contributed by atoms with Crippen LogP contribution in [0.1, 0.15) is 25.3 Å². The van der Waals surface area contributed by atoms with Crippen molar-refractivity contribution in [1.82, 2.24) is 0 Å². The second-order valence-corrected chi connectivity index (χ2v) is 3.65. The molecule has 0 saturated carbocycles. The number of aryl methyl sites for hydroxylation is 1. The first-order chi connectivity index (χ1) is 7.72. The number of carbonyl (C=O) groups excluding carboxylic acids is 2. The van der Waals surface area contributed by atoms with Gasteiger partial charge in [0, 0.05) is 12.8 Å². The highest BCUT2D eigenvalue weighted by Gasteiger charge is 1.98. The van der Waals surface area contributed by atoms with Crippen molar-refractivity contribution in [3.05, 3.63) is 29.8 Å². The van der Waals surface area contributed by atoms with Crippen LogP contribution in [0.15, 0.2) is 24.3 Å². The quantitative estimate of drug-likeness (QED) is 0.522. The number of ketones is 1. The van der Waals surface area contributed by atoms with E-state index in [1.54, 1.807) is 6.92 Å². The molecule has 3 heteroatoms. The predicted octanol–water partition coefficient (Wildman–Crippen LogP) is 2.18. The van der Waals surface area contributed by atoms with Gasteiger partial charge < -0.3 is 14.3 Å². The van der Waals surface area contributed by atoms with Crippen molar-refractivity contribution < 1.29 is 14.3 Å². The van der Waals surface area contributed by atoms with Gasteiger partial charge in [-0.3, -0.25) is 0 Å². The number of carbonyl (C=O) groups is 2. The Labute approximate surface area is 95.4 Å². The SMILES string of the molecule is CC(=O)CCc1ccc(OCCC=O)cc1. The van der Waals surface area contributed by atoms with E-state index in [2.05, 4.69) is 0 Å². The maximum atomic E-state index is 10.8. The monoisotopic (exact) mass is 220 g/mol. The van der Waals surface area contributed by atoms with Crippen LogP contribution in [0.2, 0.25) is 0 Å².